The summed E-state index contributed by atoms with van der Waals surface area (Å²) in [5.74, 6) is -0.450. The Bertz CT molecular complexity index is 789. The van der Waals surface area contributed by atoms with E-state index in [1.807, 2.05) is 73.7 Å². The number of nitrogens with zero attached hydrogens (tertiary/aromatic N) is 1. The molecule has 3 nitrogen and oxygen atoms in total. The van der Waals surface area contributed by atoms with E-state index < -0.39 is 5.91 Å². The van der Waals surface area contributed by atoms with Gasteiger partial charge in [-0.2, -0.15) is 5.26 Å². The summed E-state index contributed by atoms with van der Waals surface area (Å²) in [7, 11) is 0. The fourth-order valence-corrected chi connectivity index (χ4v) is 2.37. The number of benzene rings is 2. The second kappa shape index (κ2) is 8.71. The Labute approximate surface area is 146 Å². The van der Waals surface area contributed by atoms with Gasteiger partial charge in [0.05, 0.1) is 6.04 Å². The third-order valence-electron chi connectivity index (χ3n) is 3.40. The van der Waals surface area contributed by atoms with Crippen molar-refractivity contribution in [3.63, 3.8) is 0 Å². The van der Waals surface area contributed by atoms with Crippen LogP contribution >= 0.6 is 11.6 Å². The third-order valence-corrected chi connectivity index (χ3v) is 3.62. The van der Waals surface area contributed by atoms with Crippen molar-refractivity contribution in [1.82, 2.24) is 5.32 Å². The monoisotopic (exact) mass is 336 g/mol. The molecule has 0 spiro atoms. The molecular weight excluding hydrogens is 320 g/mol. The Morgan fingerprint density at radius 3 is 2.29 bits per heavy atom. The number of nitrogens with one attached hydrogen (secondary N) is 1. The van der Waals surface area contributed by atoms with E-state index in [0.717, 1.165) is 11.1 Å². The summed E-state index contributed by atoms with van der Waals surface area (Å²) in [6.07, 6.45) is 3.08. The van der Waals surface area contributed by atoms with E-state index in [-0.39, 0.29) is 11.6 Å². The molecule has 0 aliphatic carbocycles. The highest BCUT2D eigenvalue weighted by atomic mass is 35.5. The lowest BCUT2D eigenvalue weighted by molar-refractivity contribution is -0.117. The van der Waals surface area contributed by atoms with Crippen LogP contribution in [0.4, 0.5) is 0 Å². The molecule has 0 heterocycles. The number of allylic oxidation sites excluding steroid dienone is 2. The van der Waals surface area contributed by atoms with Crippen LogP contribution in [0, 0.1) is 11.3 Å². The number of rotatable bonds is 5. The van der Waals surface area contributed by atoms with E-state index in [4.69, 9.17) is 11.6 Å². The zero-order chi connectivity index (χ0) is 17.4. The first kappa shape index (κ1) is 17.5. The molecule has 0 radical (unpaired) electrons. The SMILES string of the molecule is C[C@H](NC(=O)/C(C#N)=C/C(Cl)=C/c1ccccc1)c1ccccc1. The highest BCUT2D eigenvalue weighted by Gasteiger charge is 2.13. The molecule has 24 heavy (non-hydrogen) atoms. The quantitative estimate of drug-likeness (QED) is 0.493. The van der Waals surface area contributed by atoms with Crippen molar-refractivity contribution < 1.29 is 4.79 Å². The van der Waals surface area contributed by atoms with Gasteiger partial charge in [0, 0.05) is 5.03 Å². The molecule has 0 aromatic heterocycles. The van der Waals surface area contributed by atoms with Crippen LogP contribution in [-0.4, -0.2) is 5.91 Å². The molecule has 120 valence electrons. The van der Waals surface area contributed by atoms with E-state index in [9.17, 15) is 10.1 Å². The normalized spacial score (nSPS) is 13.0. The Morgan fingerprint density at radius 2 is 1.71 bits per heavy atom. The number of halogens is 1. The fourth-order valence-electron chi connectivity index (χ4n) is 2.14. The molecule has 0 saturated carbocycles. The average Bonchev–Trinajstić information content (AvgIpc) is 2.61. The number of hydrogen-bond donors (Lipinski definition) is 1. The molecule has 0 bridgehead atoms. The second-order valence-corrected chi connectivity index (χ2v) is 5.65. The molecule has 4 heteroatoms. The highest BCUT2D eigenvalue weighted by molar-refractivity contribution is 6.33. The van der Waals surface area contributed by atoms with Crippen LogP contribution in [0.15, 0.2) is 77.3 Å². The van der Waals surface area contributed by atoms with Crippen molar-refractivity contribution in [1.29, 1.82) is 5.26 Å². The van der Waals surface area contributed by atoms with Gasteiger partial charge in [0.2, 0.25) is 0 Å². The Balaban J connectivity index is 2.11. The molecule has 1 N–H and O–H groups in total. The number of nitriles is 1. The summed E-state index contributed by atoms with van der Waals surface area (Å²) < 4.78 is 0. The van der Waals surface area contributed by atoms with Crippen molar-refractivity contribution in [2.75, 3.05) is 0 Å². The number of amides is 1. The lowest BCUT2D eigenvalue weighted by atomic mass is 10.1. The van der Waals surface area contributed by atoms with Gasteiger partial charge in [0.25, 0.3) is 5.91 Å². The summed E-state index contributed by atoms with van der Waals surface area (Å²) in [6, 6.07) is 20.7. The standard InChI is InChI=1S/C20H17ClN2O/c1-15(17-10-6-3-7-11-17)23-20(24)18(14-22)13-19(21)12-16-8-4-2-5-9-16/h2-13,15H,1H3,(H,23,24)/b18-13+,19-12-/t15-/m0/s1. The number of carbonyl (C=O) groups excluding carboxylic acids is 1. The molecule has 0 unspecified atom stereocenters. The Hall–Kier alpha value is -2.83. The van der Waals surface area contributed by atoms with E-state index in [2.05, 4.69) is 5.32 Å². The molecule has 0 fully saturated rings. The lowest BCUT2D eigenvalue weighted by Crippen LogP contribution is -2.27. The van der Waals surface area contributed by atoms with Crippen molar-refractivity contribution in [2.45, 2.75) is 13.0 Å². The predicted molar refractivity (Wildman–Crippen MR) is 97.0 cm³/mol. The van der Waals surface area contributed by atoms with Gasteiger partial charge in [0.15, 0.2) is 0 Å². The average molecular weight is 337 g/mol. The van der Waals surface area contributed by atoms with Gasteiger partial charge in [-0.1, -0.05) is 72.3 Å². The van der Waals surface area contributed by atoms with Crippen molar-refractivity contribution in [3.8, 4) is 6.07 Å². The minimum Gasteiger partial charge on any atom is -0.345 e. The molecule has 0 aliphatic rings. The lowest BCUT2D eigenvalue weighted by Gasteiger charge is -2.13. The van der Waals surface area contributed by atoms with Gasteiger partial charge in [-0.15, -0.1) is 0 Å². The van der Waals surface area contributed by atoms with Crippen LogP contribution < -0.4 is 5.32 Å². The highest BCUT2D eigenvalue weighted by Crippen LogP contribution is 2.15. The number of carbonyl (C=O) groups is 1. The van der Waals surface area contributed by atoms with Crippen LogP contribution in [0.25, 0.3) is 6.08 Å². The fraction of sp³-hybridized carbons (Fsp3) is 0.100. The molecule has 1 atom stereocenters. The third kappa shape index (κ3) is 5.12. The zero-order valence-corrected chi connectivity index (χ0v) is 14.0. The Morgan fingerprint density at radius 1 is 1.12 bits per heavy atom. The molecular formula is C20H17ClN2O. The van der Waals surface area contributed by atoms with E-state index in [1.165, 1.54) is 6.08 Å². The molecule has 1 amide bonds. The van der Waals surface area contributed by atoms with E-state index in [1.54, 1.807) is 6.08 Å². The van der Waals surface area contributed by atoms with Crippen LogP contribution in [-0.2, 0) is 4.79 Å². The molecule has 0 saturated heterocycles. The summed E-state index contributed by atoms with van der Waals surface area (Å²) in [5.41, 5.74) is 1.83. The largest absolute Gasteiger partial charge is 0.345 e. The summed E-state index contributed by atoms with van der Waals surface area (Å²) >= 11 is 6.14. The summed E-state index contributed by atoms with van der Waals surface area (Å²) in [4.78, 5) is 12.3. The van der Waals surface area contributed by atoms with Gasteiger partial charge in [-0.05, 0) is 30.2 Å². The van der Waals surface area contributed by atoms with Crippen molar-refractivity contribution >= 4 is 23.6 Å². The van der Waals surface area contributed by atoms with Gasteiger partial charge in [-0.3, -0.25) is 4.79 Å². The first-order valence-electron chi connectivity index (χ1n) is 7.50. The van der Waals surface area contributed by atoms with Crippen LogP contribution in [0.5, 0.6) is 0 Å². The molecule has 2 rings (SSSR count). The molecule has 2 aromatic rings. The summed E-state index contributed by atoms with van der Waals surface area (Å²) in [6.45, 7) is 1.86. The smallest absolute Gasteiger partial charge is 0.262 e. The second-order valence-electron chi connectivity index (χ2n) is 5.22. The molecule has 2 aromatic carbocycles. The zero-order valence-electron chi connectivity index (χ0n) is 13.2. The van der Waals surface area contributed by atoms with Gasteiger partial charge in [0.1, 0.15) is 11.6 Å². The summed E-state index contributed by atoms with van der Waals surface area (Å²) in [5, 5.41) is 12.4. The maximum absolute atomic E-state index is 12.3. The van der Waals surface area contributed by atoms with E-state index in [0.29, 0.717) is 5.03 Å². The van der Waals surface area contributed by atoms with Crippen molar-refractivity contribution in [2.24, 2.45) is 0 Å². The first-order chi connectivity index (χ1) is 11.6. The van der Waals surface area contributed by atoms with Gasteiger partial charge >= 0.3 is 0 Å². The minimum atomic E-state index is -0.450. The Kier molecular flexibility index (Phi) is 6.36. The van der Waals surface area contributed by atoms with Gasteiger partial charge < -0.3 is 5.32 Å². The maximum Gasteiger partial charge on any atom is 0.262 e. The van der Waals surface area contributed by atoms with Crippen molar-refractivity contribution in [3.05, 3.63) is 88.5 Å². The topological polar surface area (TPSA) is 52.9 Å². The predicted octanol–water partition coefficient (Wildman–Crippen LogP) is 4.59. The van der Waals surface area contributed by atoms with Crippen LogP contribution in [0.1, 0.15) is 24.1 Å². The van der Waals surface area contributed by atoms with Gasteiger partial charge in [-0.25, -0.2) is 0 Å². The van der Waals surface area contributed by atoms with Crippen LogP contribution in [0.3, 0.4) is 0 Å². The first-order valence-corrected chi connectivity index (χ1v) is 7.88. The molecule has 0 aliphatic heterocycles. The maximum atomic E-state index is 12.3. The van der Waals surface area contributed by atoms with Crippen LogP contribution in [0.2, 0.25) is 0 Å². The minimum absolute atomic E-state index is 0.0324. The number of hydrogen-bond acceptors (Lipinski definition) is 2. The van der Waals surface area contributed by atoms with E-state index >= 15 is 0 Å².